The fourth-order valence-corrected chi connectivity index (χ4v) is 1.60. The van der Waals surface area contributed by atoms with Crippen LogP contribution in [0.15, 0.2) is 24.8 Å². The van der Waals surface area contributed by atoms with Crippen molar-refractivity contribution in [3.8, 4) is 5.75 Å². The monoisotopic (exact) mass is 177 g/mol. The van der Waals surface area contributed by atoms with Crippen molar-refractivity contribution in [1.29, 1.82) is 0 Å². The summed E-state index contributed by atoms with van der Waals surface area (Å²) in [6, 6.07) is 3.28. The topological polar surface area (TPSA) is 46.2 Å². The summed E-state index contributed by atoms with van der Waals surface area (Å²) in [5.74, 6) is 0.287. The molecule has 0 aromatic heterocycles. The Bertz CT molecular complexity index is 308. The van der Waals surface area contributed by atoms with Gasteiger partial charge in [0.05, 0.1) is 0 Å². The number of hydrogen-bond acceptors (Lipinski definition) is 2. The van der Waals surface area contributed by atoms with Crippen LogP contribution in [0.25, 0.3) is 0 Å². The molecule has 1 aromatic carbocycles. The molecule has 1 atom stereocenters. The van der Waals surface area contributed by atoms with Crippen molar-refractivity contribution in [1.82, 2.24) is 0 Å². The zero-order valence-corrected chi connectivity index (χ0v) is 8.04. The van der Waals surface area contributed by atoms with Crippen LogP contribution in [0.4, 0.5) is 0 Å². The summed E-state index contributed by atoms with van der Waals surface area (Å²) in [5.41, 5.74) is 8.90. The maximum atomic E-state index is 9.31. The first-order valence-electron chi connectivity index (χ1n) is 4.24. The first-order valence-corrected chi connectivity index (χ1v) is 4.24. The van der Waals surface area contributed by atoms with Crippen LogP contribution < -0.4 is 5.73 Å². The molecule has 1 rings (SSSR count). The van der Waals surface area contributed by atoms with E-state index < -0.39 is 0 Å². The second-order valence-corrected chi connectivity index (χ2v) is 3.25. The maximum absolute atomic E-state index is 9.31. The number of phenolic OH excluding ortho intramolecular Hbond substituents is 1. The second-order valence-electron chi connectivity index (χ2n) is 3.25. The van der Waals surface area contributed by atoms with Gasteiger partial charge >= 0.3 is 0 Å². The van der Waals surface area contributed by atoms with Crippen LogP contribution in [0.5, 0.6) is 5.75 Å². The highest BCUT2D eigenvalue weighted by molar-refractivity contribution is 5.43. The van der Waals surface area contributed by atoms with Crippen LogP contribution in [0.2, 0.25) is 0 Å². The Morgan fingerprint density at radius 3 is 2.23 bits per heavy atom. The van der Waals surface area contributed by atoms with Gasteiger partial charge in [-0.25, -0.2) is 0 Å². The fraction of sp³-hybridized carbons (Fsp3) is 0.273. The molecular weight excluding hydrogens is 162 g/mol. The van der Waals surface area contributed by atoms with Crippen molar-refractivity contribution in [3.63, 3.8) is 0 Å². The summed E-state index contributed by atoms with van der Waals surface area (Å²) in [6.45, 7) is 7.53. The van der Waals surface area contributed by atoms with Gasteiger partial charge in [-0.05, 0) is 42.7 Å². The molecule has 0 saturated heterocycles. The molecule has 0 aliphatic rings. The van der Waals surface area contributed by atoms with E-state index in [0.717, 1.165) is 16.7 Å². The van der Waals surface area contributed by atoms with Crippen molar-refractivity contribution in [2.45, 2.75) is 19.9 Å². The summed E-state index contributed by atoms with van der Waals surface area (Å²) < 4.78 is 0. The minimum Gasteiger partial charge on any atom is -0.508 e. The van der Waals surface area contributed by atoms with Gasteiger partial charge < -0.3 is 10.8 Å². The van der Waals surface area contributed by atoms with Crippen LogP contribution in [-0.4, -0.2) is 5.11 Å². The number of nitrogens with two attached hydrogens (primary N) is 1. The molecule has 0 aliphatic carbocycles. The van der Waals surface area contributed by atoms with Crippen molar-refractivity contribution in [2.24, 2.45) is 5.73 Å². The molecule has 3 N–H and O–H groups in total. The molecule has 0 amide bonds. The van der Waals surface area contributed by atoms with Crippen molar-refractivity contribution >= 4 is 0 Å². The van der Waals surface area contributed by atoms with Gasteiger partial charge in [0.1, 0.15) is 5.75 Å². The number of hydrogen-bond donors (Lipinski definition) is 2. The fourth-order valence-electron chi connectivity index (χ4n) is 1.60. The minimum absolute atomic E-state index is 0.152. The Morgan fingerprint density at radius 2 is 1.85 bits per heavy atom. The summed E-state index contributed by atoms with van der Waals surface area (Å²) in [4.78, 5) is 0. The van der Waals surface area contributed by atoms with Gasteiger partial charge in [-0.3, -0.25) is 0 Å². The summed E-state index contributed by atoms with van der Waals surface area (Å²) >= 11 is 0. The Labute approximate surface area is 78.7 Å². The van der Waals surface area contributed by atoms with E-state index in [9.17, 15) is 5.11 Å². The highest BCUT2D eigenvalue weighted by Gasteiger charge is 2.09. The molecule has 0 heterocycles. The molecule has 0 bridgehead atoms. The molecule has 0 radical (unpaired) electrons. The average molecular weight is 177 g/mol. The predicted molar refractivity (Wildman–Crippen MR) is 54.7 cm³/mol. The lowest BCUT2D eigenvalue weighted by atomic mass is 9.96. The number of aromatic hydroxyl groups is 1. The lowest BCUT2D eigenvalue weighted by Gasteiger charge is -2.14. The van der Waals surface area contributed by atoms with E-state index in [1.807, 2.05) is 13.8 Å². The van der Waals surface area contributed by atoms with Crippen LogP contribution in [0.1, 0.15) is 22.7 Å². The third-order valence-electron chi connectivity index (χ3n) is 2.17. The maximum Gasteiger partial charge on any atom is 0.116 e. The molecule has 0 aliphatic heterocycles. The van der Waals surface area contributed by atoms with Gasteiger partial charge in [-0.1, -0.05) is 6.08 Å². The molecule has 0 spiro atoms. The standard InChI is InChI=1S/C11H15NO/c1-4-10(12)11-7(2)5-9(13)6-8(11)3/h4-6,10,13H,1,12H2,2-3H3/t10-/m0/s1. The number of benzene rings is 1. The second kappa shape index (κ2) is 3.62. The molecule has 0 saturated carbocycles. The Kier molecular flexibility index (Phi) is 2.73. The van der Waals surface area contributed by atoms with Crippen LogP contribution >= 0.6 is 0 Å². The Hall–Kier alpha value is -1.28. The smallest absolute Gasteiger partial charge is 0.116 e. The van der Waals surface area contributed by atoms with E-state index in [1.165, 1.54) is 0 Å². The molecule has 0 unspecified atom stereocenters. The molecule has 70 valence electrons. The van der Waals surface area contributed by atoms with Gasteiger partial charge in [0, 0.05) is 6.04 Å². The first kappa shape index (κ1) is 9.81. The van der Waals surface area contributed by atoms with Gasteiger partial charge in [-0.15, -0.1) is 6.58 Å². The first-order chi connectivity index (χ1) is 6.06. The normalized spacial score (nSPS) is 12.5. The summed E-state index contributed by atoms with van der Waals surface area (Å²) in [5, 5.41) is 9.31. The largest absolute Gasteiger partial charge is 0.508 e. The molecule has 2 heteroatoms. The average Bonchev–Trinajstić information content (AvgIpc) is 2.02. The van der Waals surface area contributed by atoms with E-state index in [1.54, 1.807) is 18.2 Å². The summed E-state index contributed by atoms with van der Waals surface area (Å²) in [6.07, 6.45) is 1.70. The summed E-state index contributed by atoms with van der Waals surface area (Å²) in [7, 11) is 0. The predicted octanol–water partition coefficient (Wildman–Crippen LogP) is 2.19. The minimum atomic E-state index is -0.152. The molecule has 1 aromatic rings. The molecule has 13 heavy (non-hydrogen) atoms. The SMILES string of the molecule is C=C[C@H](N)c1c(C)cc(O)cc1C. The highest BCUT2D eigenvalue weighted by Crippen LogP contribution is 2.25. The molecule has 0 fully saturated rings. The van der Waals surface area contributed by atoms with E-state index >= 15 is 0 Å². The number of rotatable bonds is 2. The van der Waals surface area contributed by atoms with Crippen LogP contribution in [0, 0.1) is 13.8 Å². The van der Waals surface area contributed by atoms with E-state index in [2.05, 4.69) is 6.58 Å². The third kappa shape index (κ3) is 1.90. The molecule has 2 nitrogen and oxygen atoms in total. The van der Waals surface area contributed by atoms with Gasteiger partial charge in [0.25, 0.3) is 0 Å². The van der Waals surface area contributed by atoms with Crippen molar-refractivity contribution in [3.05, 3.63) is 41.5 Å². The van der Waals surface area contributed by atoms with E-state index in [0.29, 0.717) is 0 Å². The van der Waals surface area contributed by atoms with Crippen LogP contribution in [-0.2, 0) is 0 Å². The number of aryl methyl sites for hydroxylation is 2. The zero-order chi connectivity index (χ0) is 10.0. The molecular formula is C11H15NO. The van der Waals surface area contributed by atoms with Crippen molar-refractivity contribution in [2.75, 3.05) is 0 Å². The number of phenols is 1. The quantitative estimate of drug-likeness (QED) is 0.680. The van der Waals surface area contributed by atoms with E-state index in [-0.39, 0.29) is 11.8 Å². The zero-order valence-electron chi connectivity index (χ0n) is 8.04. The Balaban J connectivity index is 3.28. The highest BCUT2D eigenvalue weighted by atomic mass is 16.3. The van der Waals surface area contributed by atoms with Gasteiger partial charge in [0.2, 0.25) is 0 Å². The van der Waals surface area contributed by atoms with Gasteiger partial charge in [0.15, 0.2) is 0 Å². The van der Waals surface area contributed by atoms with E-state index in [4.69, 9.17) is 5.73 Å². The van der Waals surface area contributed by atoms with Crippen LogP contribution in [0.3, 0.4) is 0 Å². The third-order valence-corrected chi connectivity index (χ3v) is 2.17. The Morgan fingerprint density at radius 1 is 1.38 bits per heavy atom. The lowest BCUT2D eigenvalue weighted by molar-refractivity contribution is 0.474. The van der Waals surface area contributed by atoms with Crippen molar-refractivity contribution < 1.29 is 5.11 Å². The lowest BCUT2D eigenvalue weighted by Crippen LogP contribution is -2.10. The van der Waals surface area contributed by atoms with Gasteiger partial charge in [-0.2, -0.15) is 0 Å².